The van der Waals surface area contributed by atoms with E-state index in [4.69, 9.17) is 11.5 Å². The summed E-state index contributed by atoms with van der Waals surface area (Å²) >= 11 is 0. The van der Waals surface area contributed by atoms with Crippen LogP contribution in [-0.2, 0) is 64.0 Å². The number of aromatic amines is 1. The van der Waals surface area contributed by atoms with Crippen molar-refractivity contribution in [2.24, 2.45) is 17.4 Å². The van der Waals surface area contributed by atoms with Crippen molar-refractivity contribution in [1.82, 2.24) is 42.2 Å². The van der Waals surface area contributed by atoms with E-state index in [0.717, 1.165) is 48.8 Å². The lowest BCUT2D eigenvalue weighted by atomic mass is 9.97. The summed E-state index contributed by atoms with van der Waals surface area (Å²) in [6.07, 6.45) is 2.34. The minimum Gasteiger partial charge on any atom is -0.508 e. The van der Waals surface area contributed by atoms with Gasteiger partial charge in [-0.15, -0.1) is 0 Å². The van der Waals surface area contributed by atoms with Crippen molar-refractivity contribution in [1.29, 1.82) is 0 Å². The number of carbonyl (C=O) groups excluding carboxylic acids is 7. The molecule has 8 atom stereocenters. The number of phenolic OH excluding ortho intramolecular Hbond substituents is 1. The lowest BCUT2D eigenvalue weighted by molar-refractivity contribution is -0.143. The van der Waals surface area contributed by atoms with Gasteiger partial charge in [0.2, 0.25) is 41.4 Å². The monoisotopic (exact) mass is 1170 g/mol. The number of H-pyrrole nitrogens is 1. The van der Waals surface area contributed by atoms with E-state index >= 15 is 14.4 Å². The Balaban J connectivity index is 1.32. The van der Waals surface area contributed by atoms with Crippen LogP contribution >= 0.6 is 21.6 Å². The van der Waals surface area contributed by atoms with Gasteiger partial charge < -0.3 is 63.9 Å². The zero-order valence-electron chi connectivity index (χ0n) is 46.8. The lowest BCUT2D eigenvalue weighted by Gasteiger charge is -2.35. The molecule has 0 bridgehead atoms. The van der Waals surface area contributed by atoms with E-state index in [2.05, 4.69) is 42.2 Å². The number of amides is 7. The Kier molecular flexibility index (Phi) is 22.2. The number of hydrogen-bond donors (Lipinski definition) is 12. The number of para-hydroxylation sites is 1. The molecule has 22 heteroatoms. The van der Waals surface area contributed by atoms with Crippen LogP contribution in [0.3, 0.4) is 0 Å². The summed E-state index contributed by atoms with van der Waals surface area (Å²) in [5.74, 6) is -7.73. The van der Waals surface area contributed by atoms with E-state index in [1.165, 1.54) is 12.1 Å². The molecule has 83 heavy (non-hydrogen) atoms. The van der Waals surface area contributed by atoms with Crippen LogP contribution in [-0.4, -0.2) is 128 Å². The van der Waals surface area contributed by atoms with Crippen LogP contribution in [0.1, 0.15) is 69.2 Å². The zero-order chi connectivity index (χ0) is 59.8. The predicted molar refractivity (Wildman–Crippen MR) is 323 cm³/mol. The Labute approximate surface area is 490 Å². The summed E-state index contributed by atoms with van der Waals surface area (Å²) in [6.45, 7) is 6.82. The fraction of sp³-hybridized carbons (Fsp3) is 0.377. The van der Waals surface area contributed by atoms with Crippen molar-refractivity contribution in [2.75, 3.05) is 12.3 Å². The molecule has 1 aliphatic rings. The van der Waals surface area contributed by atoms with Gasteiger partial charge in [-0.2, -0.15) is 0 Å². The third-order valence-corrected chi connectivity index (χ3v) is 17.8. The van der Waals surface area contributed by atoms with Crippen LogP contribution in [0.5, 0.6) is 5.75 Å². The molecule has 0 aliphatic carbocycles. The molecule has 2 heterocycles. The predicted octanol–water partition coefficient (Wildman–Crippen LogP) is 4.06. The number of carboxylic acids is 1. The number of carboxylic acid groups (broad SMARTS) is 1. The number of phenols is 1. The second-order valence-corrected chi connectivity index (χ2v) is 24.6. The van der Waals surface area contributed by atoms with Gasteiger partial charge in [-0.3, -0.25) is 33.6 Å². The highest BCUT2D eigenvalue weighted by Gasteiger charge is 2.42. The minimum absolute atomic E-state index is 0.0436. The summed E-state index contributed by atoms with van der Waals surface area (Å²) in [5.41, 5.74) is 15.9. The van der Waals surface area contributed by atoms with E-state index in [-0.39, 0.29) is 50.2 Å². The fourth-order valence-corrected chi connectivity index (χ4v) is 12.6. The summed E-state index contributed by atoms with van der Waals surface area (Å²) in [4.78, 5) is 119. The number of benzene rings is 5. The molecule has 0 unspecified atom stereocenters. The first-order valence-corrected chi connectivity index (χ1v) is 30.0. The Morgan fingerprint density at radius 2 is 1.23 bits per heavy atom. The van der Waals surface area contributed by atoms with Crippen molar-refractivity contribution < 1.29 is 48.6 Å². The second-order valence-electron chi connectivity index (χ2n) is 21.6. The highest BCUT2D eigenvalue weighted by Crippen LogP contribution is 2.39. The van der Waals surface area contributed by atoms with Crippen LogP contribution in [0.2, 0.25) is 0 Å². The van der Waals surface area contributed by atoms with Gasteiger partial charge in [0.15, 0.2) is 0 Å². The maximum absolute atomic E-state index is 15.3. The first kappa shape index (κ1) is 62.7. The normalized spacial score (nSPS) is 21.1. The van der Waals surface area contributed by atoms with Gasteiger partial charge in [-0.25, -0.2) is 4.79 Å². The van der Waals surface area contributed by atoms with Crippen LogP contribution in [0, 0.1) is 5.92 Å². The molecule has 0 spiro atoms. The number of aliphatic carboxylic acids is 1. The van der Waals surface area contributed by atoms with E-state index in [1.54, 1.807) is 76.4 Å². The van der Waals surface area contributed by atoms with Gasteiger partial charge in [0.05, 0.1) is 6.04 Å². The van der Waals surface area contributed by atoms with E-state index in [1.807, 2.05) is 66.7 Å². The number of nitrogens with one attached hydrogen (secondary N) is 8. The number of unbranched alkanes of at least 4 members (excludes halogenated alkanes) is 1. The molecule has 6 aromatic rings. The third kappa shape index (κ3) is 17.3. The molecule has 440 valence electrons. The Morgan fingerprint density at radius 1 is 0.663 bits per heavy atom. The second kappa shape index (κ2) is 29.4. The number of hydrogen-bond acceptors (Lipinski definition) is 13. The molecule has 20 nitrogen and oxygen atoms in total. The summed E-state index contributed by atoms with van der Waals surface area (Å²) < 4.78 is -1.32. The van der Waals surface area contributed by atoms with Gasteiger partial charge in [-0.05, 0) is 103 Å². The molecule has 1 saturated heterocycles. The SMILES string of the molecule is CC(C)[C@H](NC(=O)[C@@H]1CSSC(C)(C)[C@@H](NC(=O)[C@@H](N)Cc2cccc3ccccc23)C(=O)N[C@@H](Cc2ccccc2)C(=O)N[C@@H](Cc2c[nH]c3ccccc23)C(=O)N[C@@H](CCCCN)C(=O)N[C@@H](Cc2ccc(O)cc2)C(=O)N1)C(=O)O. The lowest BCUT2D eigenvalue weighted by Crippen LogP contribution is -2.63. The average Bonchev–Trinajstić information content (AvgIpc) is 4.09. The quantitative estimate of drug-likeness (QED) is 0.0427. The Hall–Kier alpha value is -7.92. The maximum Gasteiger partial charge on any atom is 0.326 e. The molecule has 0 radical (unpaired) electrons. The molecule has 7 rings (SSSR count). The molecule has 1 aromatic heterocycles. The van der Waals surface area contributed by atoms with Crippen molar-refractivity contribution in [3.05, 3.63) is 150 Å². The first-order chi connectivity index (χ1) is 39.7. The number of rotatable bonds is 18. The smallest absolute Gasteiger partial charge is 0.326 e. The number of nitrogens with two attached hydrogens (primary N) is 2. The van der Waals surface area contributed by atoms with Crippen molar-refractivity contribution in [2.45, 2.75) is 126 Å². The summed E-state index contributed by atoms with van der Waals surface area (Å²) in [5, 5.41) is 42.5. The number of carbonyl (C=O) groups is 8. The highest BCUT2D eigenvalue weighted by molar-refractivity contribution is 8.77. The largest absolute Gasteiger partial charge is 0.508 e. The number of fused-ring (bicyclic) bond motifs is 2. The van der Waals surface area contributed by atoms with Crippen molar-refractivity contribution in [3.63, 3.8) is 0 Å². The Morgan fingerprint density at radius 3 is 1.89 bits per heavy atom. The van der Waals surface area contributed by atoms with Gasteiger partial charge in [0, 0.05) is 46.9 Å². The van der Waals surface area contributed by atoms with Crippen LogP contribution < -0.4 is 48.7 Å². The summed E-state index contributed by atoms with van der Waals surface area (Å²) in [7, 11) is 2.11. The highest BCUT2D eigenvalue weighted by atomic mass is 33.1. The topological polar surface area (TPSA) is 329 Å². The van der Waals surface area contributed by atoms with Gasteiger partial charge in [0.1, 0.15) is 48.0 Å². The van der Waals surface area contributed by atoms with E-state index in [0.29, 0.717) is 29.5 Å². The summed E-state index contributed by atoms with van der Waals surface area (Å²) in [6, 6.07) is 24.6. The minimum atomic E-state index is -1.47. The fourth-order valence-electron chi connectivity index (χ4n) is 9.83. The van der Waals surface area contributed by atoms with Crippen molar-refractivity contribution in [3.8, 4) is 5.75 Å². The average molecular weight is 1170 g/mol. The third-order valence-electron chi connectivity index (χ3n) is 14.5. The molecule has 14 N–H and O–H groups in total. The molecule has 1 aliphatic heterocycles. The molecule has 1 fully saturated rings. The van der Waals surface area contributed by atoms with E-state index in [9.17, 15) is 34.2 Å². The zero-order valence-corrected chi connectivity index (χ0v) is 48.4. The van der Waals surface area contributed by atoms with Crippen LogP contribution in [0.4, 0.5) is 0 Å². The molecular formula is C61H74N10O10S2. The van der Waals surface area contributed by atoms with Gasteiger partial charge in [0.25, 0.3) is 0 Å². The molecule has 0 saturated carbocycles. The van der Waals surface area contributed by atoms with Crippen LogP contribution in [0.25, 0.3) is 21.7 Å². The first-order valence-electron chi connectivity index (χ1n) is 27.7. The molecular weight excluding hydrogens is 1100 g/mol. The van der Waals surface area contributed by atoms with Crippen molar-refractivity contribution >= 4 is 90.6 Å². The number of aromatic nitrogens is 1. The Bertz CT molecular complexity index is 3250. The maximum atomic E-state index is 15.3. The van der Waals surface area contributed by atoms with Gasteiger partial charge in [-0.1, -0.05) is 139 Å². The van der Waals surface area contributed by atoms with E-state index < -0.39 is 106 Å². The number of aromatic hydroxyl groups is 1. The van der Waals surface area contributed by atoms with Gasteiger partial charge >= 0.3 is 5.97 Å². The molecule has 7 amide bonds. The van der Waals surface area contributed by atoms with Crippen LogP contribution in [0.15, 0.2) is 128 Å². The standard InChI is InChI=1S/C61H74N10O10S2/c1-35(2)51(60(80)81)70-58(78)50-34-82-83-61(3,4)52(71-53(73)44(63)31-39-19-14-18-38-17-8-9-20-42(38)39)59(79)68-48(29-36-15-6-5-7-16-36)55(75)67-49(32-40-33-64-45-22-11-10-21-43(40)45)57(77)65-46(23-12-13-28-62)54(74)66-47(56(76)69-50)30-37-24-26-41(72)27-25-37/h5-11,14-22,24-27,33,35,44,46-52,64,72H,12-13,23,28-32,34,62-63H2,1-4H3,(H,65,77)(H,66,74)(H,67,75)(H,68,79)(H,69,76)(H,70,78)(H,71,73)(H,80,81)/t44-,46-,47-,48-,49-,50-,51-,52-/m0/s1. The molecule has 5 aromatic carbocycles.